The summed E-state index contributed by atoms with van der Waals surface area (Å²) in [6, 6.07) is 2.04. The molecule has 0 bridgehead atoms. The minimum absolute atomic E-state index is 0.240. The second-order valence-corrected chi connectivity index (χ2v) is 5.99. The van der Waals surface area contributed by atoms with Gasteiger partial charge in [0.25, 0.3) is 0 Å². The third kappa shape index (κ3) is 9.79. The van der Waals surface area contributed by atoms with E-state index in [0.717, 1.165) is 12.2 Å². The highest BCUT2D eigenvalue weighted by molar-refractivity contribution is 8.00. The number of unbranched alkanes of at least 4 members (excludes halogenated alkanes) is 1. The Morgan fingerprint density at radius 3 is 2.58 bits per heavy atom. The van der Waals surface area contributed by atoms with Crippen molar-refractivity contribution in [3.05, 3.63) is 0 Å². The van der Waals surface area contributed by atoms with Gasteiger partial charge in [-0.2, -0.15) is 17.0 Å². The highest BCUT2D eigenvalue weighted by Gasteiger charge is 2.00. The number of nitrogens with zero attached hydrogens (tertiary/aromatic N) is 1. The summed E-state index contributed by atoms with van der Waals surface area (Å²) in [5, 5.41) is 8.20. The first-order valence-corrected chi connectivity index (χ1v) is 6.90. The molecule has 3 nitrogen and oxygen atoms in total. The van der Waals surface area contributed by atoms with Crippen molar-refractivity contribution in [2.45, 2.75) is 12.8 Å². The third-order valence-corrected chi connectivity index (χ3v) is 3.45. The van der Waals surface area contributed by atoms with Gasteiger partial charge in [0.05, 0.1) is 11.8 Å². The molecule has 12 heavy (non-hydrogen) atoms. The van der Waals surface area contributed by atoms with Gasteiger partial charge in [-0.15, -0.1) is 0 Å². The van der Waals surface area contributed by atoms with Gasteiger partial charge in [0.2, 0.25) is 0 Å². The van der Waals surface area contributed by atoms with E-state index in [0.29, 0.717) is 12.2 Å². The Kier molecular flexibility index (Phi) is 6.21. The Morgan fingerprint density at radius 1 is 1.42 bits per heavy atom. The Bertz CT molecular complexity index is 241. The van der Waals surface area contributed by atoms with Crippen molar-refractivity contribution in [3.63, 3.8) is 0 Å². The predicted molar refractivity (Wildman–Crippen MR) is 51.9 cm³/mol. The van der Waals surface area contributed by atoms with E-state index in [1.165, 1.54) is 6.26 Å². The zero-order chi connectivity index (χ0) is 9.45. The van der Waals surface area contributed by atoms with E-state index in [9.17, 15) is 8.42 Å². The van der Waals surface area contributed by atoms with Crippen molar-refractivity contribution in [2.24, 2.45) is 0 Å². The number of rotatable bonds is 6. The van der Waals surface area contributed by atoms with Crippen LogP contribution in [0.3, 0.4) is 0 Å². The molecule has 0 heterocycles. The van der Waals surface area contributed by atoms with Crippen LogP contribution in [0.2, 0.25) is 0 Å². The molecule has 0 fully saturated rings. The smallest absolute Gasteiger partial charge is 0.148 e. The van der Waals surface area contributed by atoms with Crippen LogP contribution >= 0.6 is 11.8 Å². The molecule has 0 atom stereocenters. The normalized spacial score (nSPS) is 11.0. The van der Waals surface area contributed by atoms with Gasteiger partial charge in [0.15, 0.2) is 0 Å². The van der Waals surface area contributed by atoms with Crippen molar-refractivity contribution in [3.8, 4) is 6.07 Å². The van der Waals surface area contributed by atoms with Gasteiger partial charge >= 0.3 is 0 Å². The molecule has 0 amide bonds. The first-order chi connectivity index (χ1) is 5.56. The van der Waals surface area contributed by atoms with Crippen LogP contribution in [0.4, 0.5) is 0 Å². The quantitative estimate of drug-likeness (QED) is 0.611. The summed E-state index contributed by atoms with van der Waals surface area (Å²) in [6.07, 6.45) is 2.65. The molecule has 0 radical (unpaired) electrons. The molecular weight excluding hydrogens is 194 g/mol. The summed E-state index contributed by atoms with van der Waals surface area (Å²) in [6.45, 7) is 0. The van der Waals surface area contributed by atoms with Crippen LogP contribution in [0.25, 0.3) is 0 Å². The van der Waals surface area contributed by atoms with E-state index in [1.807, 2.05) is 6.07 Å². The lowest BCUT2D eigenvalue weighted by Crippen LogP contribution is -2.05. The van der Waals surface area contributed by atoms with Crippen LogP contribution in [-0.2, 0) is 9.84 Å². The van der Waals surface area contributed by atoms with Gasteiger partial charge in [0, 0.05) is 18.4 Å². The first kappa shape index (κ1) is 11.8. The predicted octanol–water partition coefficient (Wildman–Crippen LogP) is 1.07. The Hall–Kier alpha value is -0.210. The summed E-state index contributed by atoms with van der Waals surface area (Å²) in [5.74, 6) is 1.76. The number of sulfone groups is 1. The van der Waals surface area contributed by atoms with Gasteiger partial charge in [-0.05, 0) is 12.2 Å². The average molecular weight is 207 g/mol. The maximum atomic E-state index is 10.7. The summed E-state index contributed by atoms with van der Waals surface area (Å²) >= 11 is 1.59. The highest BCUT2D eigenvalue weighted by atomic mass is 32.2. The fourth-order valence-electron chi connectivity index (χ4n) is 0.566. The largest absolute Gasteiger partial charge is 0.229 e. The van der Waals surface area contributed by atoms with E-state index >= 15 is 0 Å². The monoisotopic (exact) mass is 207 g/mol. The molecule has 0 aromatic carbocycles. The second-order valence-electron chi connectivity index (χ2n) is 2.50. The molecule has 0 aliphatic carbocycles. The SMILES string of the molecule is CS(=O)(=O)CCSCCCC#N. The number of hydrogen-bond acceptors (Lipinski definition) is 4. The van der Waals surface area contributed by atoms with E-state index in [4.69, 9.17) is 5.26 Å². The van der Waals surface area contributed by atoms with E-state index in [-0.39, 0.29) is 5.75 Å². The minimum atomic E-state index is -2.80. The van der Waals surface area contributed by atoms with Crippen molar-refractivity contribution in [2.75, 3.05) is 23.5 Å². The summed E-state index contributed by atoms with van der Waals surface area (Å²) in [7, 11) is -2.80. The molecule has 0 unspecified atom stereocenters. The summed E-state index contributed by atoms with van der Waals surface area (Å²) < 4.78 is 21.3. The zero-order valence-corrected chi connectivity index (χ0v) is 8.75. The van der Waals surface area contributed by atoms with E-state index < -0.39 is 9.84 Å². The standard InChI is InChI=1S/C7H13NO2S2/c1-12(9,10)7-6-11-5-3-2-4-8/h2-3,5-7H2,1H3. The van der Waals surface area contributed by atoms with Crippen LogP contribution in [0, 0.1) is 11.3 Å². The van der Waals surface area contributed by atoms with Crippen molar-refractivity contribution < 1.29 is 8.42 Å². The third-order valence-electron chi connectivity index (χ3n) is 1.18. The lowest BCUT2D eigenvalue weighted by atomic mass is 10.4. The molecular formula is C7H13NO2S2. The molecule has 0 aliphatic rings. The van der Waals surface area contributed by atoms with Gasteiger partial charge in [-0.3, -0.25) is 0 Å². The number of nitriles is 1. The Balaban J connectivity index is 3.18. The van der Waals surface area contributed by atoms with Crippen molar-refractivity contribution in [1.82, 2.24) is 0 Å². The molecule has 5 heteroatoms. The zero-order valence-electron chi connectivity index (χ0n) is 7.12. The van der Waals surface area contributed by atoms with Crippen molar-refractivity contribution in [1.29, 1.82) is 5.26 Å². The molecule has 70 valence electrons. The van der Waals surface area contributed by atoms with Crippen LogP contribution < -0.4 is 0 Å². The molecule has 0 spiro atoms. The van der Waals surface area contributed by atoms with Gasteiger partial charge < -0.3 is 0 Å². The molecule has 0 aromatic heterocycles. The second kappa shape index (κ2) is 6.32. The summed E-state index contributed by atoms with van der Waals surface area (Å²) in [5.41, 5.74) is 0. The van der Waals surface area contributed by atoms with Crippen LogP contribution in [0.5, 0.6) is 0 Å². The van der Waals surface area contributed by atoms with Crippen molar-refractivity contribution >= 4 is 21.6 Å². The molecule has 0 aliphatic heterocycles. The molecule has 0 saturated carbocycles. The molecule has 0 saturated heterocycles. The van der Waals surface area contributed by atoms with Gasteiger partial charge in [-0.1, -0.05) is 0 Å². The maximum Gasteiger partial charge on any atom is 0.148 e. The topological polar surface area (TPSA) is 57.9 Å². The van der Waals surface area contributed by atoms with Crippen LogP contribution in [0.1, 0.15) is 12.8 Å². The van der Waals surface area contributed by atoms with Crippen LogP contribution in [-0.4, -0.2) is 31.9 Å². The number of thioether (sulfide) groups is 1. The highest BCUT2D eigenvalue weighted by Crippen LogP contribution is 2.04. The number of hydrogen-bond donors (Lipinski definition) is 0. The lowest BCUT2D eigenvalue weighted by Gasteiger charge is -1.97. The maximum absolute atomic E-state index is 10.7. The first-order valence-electron chi connectivity index (χ1n) is 3.68. The average Bonchev–Trinajstić information content (AvgIpc) is 1.94. The Morgan fingerprint density at radius 2 is 2.08 bits per heavy atom. The van der Waals surface area contributed by atoms with E-state index in [1.54, 1.807) is 11.8 Å². The lowest BCUT2D eigenvalue weighted by molar-refractivity contribution is 0.603. The minimum Gasteiger partial charge on any atom is -0.229 e. The molecule has 0 rings (SSSR count). The summed E-state index contributed by atoms with van der Waals surface area (Å²) in [4.78, 5) is 0. The van der Waals surface area contributed by atoms with Gasteiger partial charge in [-0.25, -0.2) is 8.42 Å². The Labute approximate surface area is 78.1 Å². The fourth-order valence-corrected chi connectivity index (χ4v) is 2.80. The van der Waals surface area contributed by atoms with E-state index in [2.05, 4.69) is 0 Å². The fraction of sp³-hybridized carbons (Fsp3) is 0.857. The molecule has 0 N–H and O–H groups in total. The molecule has 0 aromatic rings. The van der Waals surface area contributed by atoms with Gasteiger partial charge in [0.1, 0.15) is 9.84 Å². The van der Waals surface area contributed by atoms with Crippen LogP contribution in [0.15, 0.2) is 0 Å².